The van der Waals surface area contributed by atoms with Crippen LogP contribution in [-0.2, 0) is 4.79 Å². The van der Waals surface area contributed by atoms with Gasteiger partial charge in [-0.25, -0.2) is 0 Å². The molecule has 0 bridgehead atoms. The normalized spacial score (nSPS) is 15.8. The Morgan fingerprint density at radius 2 is 1.67 bits per heavy atom. The van der Waals surface area contributed by atoms with Crippen molar-refractivity contribution in [2.45, 2.75) is 0 Å². The zero-order chi connectivity index (χ0) is 19.0. The first-order valence-electron chi connectivity index (χ1n) is 8.58. The van der Waals surface area contributed by atoms with E-state index in [0.29, 0.717) is 9.23 Å². The number of hydrogen-bond acceptors (Lipinski definition) is 4. The molecule has 0 saturated carbocycles. The summed E-state index contributed by atoms with van der Waals surface area (Å²) in [5.41, 5.74) is 2.94. The molecule has 4 rings (SSSR count). The van der Waals surface area contributed by atoms with Gasteiger partial charge in [-0.05, 0) is 35.2 Å². The number of rotatable bonds is 3. The molecule has 0 radical (unpaired) electrons. The first-order chi connectivity index (χ1) is 13.0. The van der Waals surface area contributed by atoms with Crippen molar-refractivity contribution in [3.05, 3.63) is 77.2 Å². The van der Waals surface area contributed by atoms with Crippen molar-refractivity contribution >= 4 is 62.4 Å². The largest absolute Gasteiger partial charge is 0.378 e. The number of thioether (sulfide) groups is 1. The molecule has 0 atom stereocenters. The average molecular weight is 391 g/mol. The summed E-state index contributed by atoms with van der Waals surface area (Å²) >= 11 is 6.88. The quantitative estimate of drug-likeness (QED) is 0.447. The Bertz CT molecular complexity index is 1070. The SMILES string of the molecule is CN(C)c1ccc(/C=C2\SC(=S)N(c3cccc4ccccc34)C2=O)cc1. The summed E-state index contributed by atoms with van der Waals surface area (Å²) in [6.07, 6.45) is 1.91. The zero-order valence-corrected chi connectivity index (χ0v) is 16.7. The third-order valence-electron chi connectivity index (χ3n) is 4.51. The van der Waals surface area contributed by atoms with Crippen LogP contribution >= 0.6 is 24.0 Å². The highest BCUT2D eigenvalue weighted by atomic mass is 32.2. The topological polar surface area (TPSA) is 23.6 Å². The predicted molar refractivity (Wildman–Crippen MR) is 120 cm³/mol. The second-order valence-corrected chi connectivity index (χ2v) is 8.18. The van der Waals surface area contributed by atoms with Crippen LogP contribution in [0.5, 0.6) is 0 Å². The molecule has 1 aliphatic heterocycles. The lowest BCUT2D eigenvalue weighted by atomic mass is 10.1. The van der Waals surface area contributed by atoms with E-state index in [9.17, 15) is 4.79 Å². The number of nitrogens with zero attached hydrogens (tertiary/aromatic N) is 2. The van der Waals surface area contributed by atoms with E-state index in [2.05, 4.69) is 0 Å². The molecule has 1 fully saturated rings. The maximum absolute atomic E-state index is 13.1. The minimum absolute atomic E-state index is 0.0713. The minimum Gasteiger partial charge on any atom is -0.378 e. The minimum atomic E-state index is -0.0713. The van der Waals surface area contributed by atoms with Gasteiger partial charge in [0.15, 0.2) is 4.32 Å². The second-order valence-electron chi connectivity index (χ2n) is 6.50. The zero-order valence-electron chi connectivity index (χ0n) is 15.0. The molecule has 0 spiro atoms. The molecule has 134 valence electrons. The van der Waals surface area contributed by atoms with Crippen molar-refractivity contribution in [3.8, 4) is 0 Å². The molecule has 1 heterocycles. The van der Waals surface area contributed by atoms with Crippen molar-refractivity contribution in [1.29, 1.82) is 0 Å². The fourth-order valence-electron chi connectivity index (χ4n) is 3.10. The second kappa shape index (κ2) is 7.18. The summed E-state index contributed by atoms with van der Waals surface area (Å²) < 4.78 is 0.563. The van der Waals surface area contributed by atoms with Crippen LogP contribution in [0.1, 0.15) is 5.56 Å². The molecule has 0 aliphatic carbocycles. The number of thiocarbonyl (C=S) groups is 1. The highest BCUT2D eigenvalue weighted by molar-refractivity contribution is 8.27. The Labute approximate surface area is 168 Å². The van der Waals surface area contributed by atoms with Gasteiger partial charge in [0.25, 0.3) is 5.91 Å². The van der Waals surface area contributed by atoms with E-state index >= 15 is 0 Å². The third kappa shape index (κ3) is 3.36. The smallest absolute Gasteiger partial charge is 0.270 e. The molecular weight excluding hydrogens is 372 g/mol. The van der Waals surface area contributed by atoms with Gasteiger partial charge in [0, 0.05) is 25.2 Å². The van der Waals surface area contributed by atoms with E-state index in [1.54, 1.807) is 4.90 Å². The van der Waals surface area contributed by atoms with Gasteiger partial charge >= 0.3 is 0 Å². The summed E-state index contributed by atoms with van der Waals surface area (Å²) in [6, 6.07) is 22.1. The Kier molecular flexibility index (Phi) is 4.72. The predicted octanol–water partition coefficient (Wildman–Crippen LogP) is 5.31. The number of fused-ring (bicyclic) bond motifs is 1. The molecule has 0 aromatic heterocycles. The summed E-state index contributed by atoms with van der Waals surface area (Å²) in [5, 5.41) is 2.11. The standard InChI is InChI=1S/C22H18N2OS2/c1-23(2)17-12-10-15(11-13-17)14-20-21(25)24(22(26)27-20)19-9-5-7-16-6-3-4-8-18(16)19/h3-14H,1-2H3/b20-14-. The van der Waals surface area contributed by atoms with Crippen LogP contribution in [0, 0.1) is 0 Å². The maximum Gasteiger partial charge on any atom is 0.270 e. The number of amides is 1. The molecule has 1 aliphatic rings. The molecule has 0 unspecified atom stereocenters. The van der Waals surface area contributed by atoms with Crippen LogP contribution in [0.15, 0.2) is 71.6 Å². The first-order valence-corrected chi connectivity index (χ1v) is 9.80. The van der Waals surface area contributed by atoms with Gasteiger partial charge in [-0.2, -0.15) is 0 Å². The number of hydrogen-bond donors (Lipinski definition) is 0. The van der Waals surface area contributed by atoms with E-state index < -0.39 is 0 Å². The fraction of sp³-hybridized carbons (Fsp3) is 0.0909. The Balaban J connectivity index is 1.69. The molecular formula is C22H18N2OS2. The van der Waals surface area contributed by atoms with Gasteiger partial charge in [0.2, 0.25) is 0 Å². The third-order valence-corrected chi connectivity index (χ3v) is 5.81. The molecule has 1 saturated heterocycles. The van der Waals surface area contributed by atoms with E-state index in [1.807, 2.05) is 91.8 Å². The van der Waals surface area contributed by atoms with Crippen LogP contribution in [0.2, 0.25) is 0 Å². The van der Waals surface area contributed by atoms with Crippen molar-refractivity contribution in [3.63, 3.8) is 0 Å². The summed E-state index contributed by atoms with van der Waals surface area (Å²) in [4.78, 5) is 17.4. The molecule has 3 aromatic rings. The van der Waals surface area contributed by atoms with E-state index in [4.69, 9.17) is 12.2 Å². The van der Waals surface area contributed by atoms with Gasteiger partial charge in [-0.15, -0.1) is 0 Å². The Hall–Kier alpha value is -2.63. The van der Waals surface area contributed by atoms with E-state index in [-0.39, 0.29) is 5.91 Å². The van der Waals surface area contributed by atoms with Crippen molar-refractivity contribution < 1.29 is 4.79 Å². The number of carbonyl (C=O) groups excluding carboxylic acids is 1. The van der Waals surface area contributed by atoms with Gasteiger partial charge in [-0.3, -0.25) is 9.69 Å². The van der Waals surface area contributed by atoms with Gasteiger partial charge in [-0.1, -0.05) is 72.5 Å². The molecule has 27 heavy (non-hydrogen) atoms. The number of carbonyl (C=O) groups is 1. The lowest BCUT2D eigenvalue weighted by Gasteiger charge is -2.17. The molecule has 0 N–H and O–H groups in total. The van der Waals surface area contributed by atoms with E-state index in [1.165, 1.54) is 11.8 Å². The van der Waals surface area contributed by atoms with E-state index in [0.717, 1.165) is 27.7 Å². The lowest BCUT2D eigenvalue weighted by Crippen LogP contribution is -2.27. The molecule has 5 heteroatoms. The van der Waals surface area contributed by atoms with Crippen molar-refractivity contribution in [2.75, 3.05) is 23.9 Å². The molecule has 3 aromatic carbocycles. The average Bonchev–Trinajstić information content (AvgIpc) is 2.95. The Morgan fingerprint density at radius 1 is 0.963 bits per heavy atom. The maximum atomic E-state index is 13.1. The first kappa shape index (κ1) is 17.8. The van der Waals surface area contributed by atoms with Crippen LogP contribution in [0.4, 0.5) is 11.4 Å². The number of benzene rings is 3. The Morgan fingerprint density at radius 3 is 2.41 bits per heavy atom. The van der Waals surface area contributed by atoms with Gasteiger partial charge in [0.05, 0.1) is 10.6 Å². The lowest BCUT2D eigenvalue weighted by molar-refractivity contribution is -0.113. The van der Waals surface area contributed by atoms with Crippen molar-refractivity contribution in [2.24, 2.45) is 0 Å². The number of anilines is 2. The van der Waals surface area contributed by atoms with Crippen molar-refractivity contribution in [1.82, 2.24) is 0 Å². The fourth-order valence-corrected chi connectivity index (χ4v) is 4.38. The highest BCUT2D eigenvalue weighted by Crippen LogP contribution is 2.38. The van der Waals surface area contributed by atoms with Crippen LogP contribution < -0.4 is 9.80 Å². The summed E-state index contributed by atoms with van der Waals surface area (Å²) in [5.74, 6) is -0.0713. The summed E-state index contributed by atoms with van der Waals surface area (Å²) in [7, 11) is 4.01. The van der Waals surface area contributed by atoms with Gasteiger partial charge < -0.3 is 4.90 Å². The van der Waals surface area contributed by atoms with Gasteiger partial charge in [0.1, 0.15) is 0 Å². The molecule has 3 nitrogen and oxygen atoms in total. The van der Waals surface area contributed by atoms with Crippen LogP contribution in [-0.4, -0.2) is 24.3 Å². The monoisotopic (exact) mass is 390 g/mol. The molecule has 1 amide bonds. The van der Waals surface area contributed by atoms with Crippen LogP contribution in [0.3, 0.4) is 0 Å². The van der Waals surface area contributed by atoms with Crippen LogP contribution in [0.25, 0.3) is 16.8 Å². The highest BCUT2D eigenvalue weighted by Gasteiger charge is 2.34. The summed E-state index contributed by atoms with van der Waals surface area (Å²) in [6.45, 7) is 0.